The lowest BCUT2D eigenvalue weighted by molar-refractivity contribution is 0.0742. The Morgan fingerprint density at radius 3 is 2.52 bits per heavy atom. The molecule has 2 atom stereocenters. The minimum absolute atomic E-state index is 0.0152. The molecule has 1 aliphatic heterocycles. The van der Waals surface area contributed by atoms with Crippen molar-refractivity contribution in [3.05, 3.63) is 93.7 Å². The Bertz CT molecular complexity index is 1170. The predicted octanol–water partition coefficient (Wildman–Crippen LogP) is 3.06. The standard InChI is InChI=1S/C21H14N2O4/c22-10-14-17(18(24)12-6-2-1-3-7-12)20(27-21(14)23)15-11-26-16-9-5-4-8-13(16)19(15)25/h1-9,11,17,20H,23H2. The number of Topliss-reactive ketones (excluding diaryl/α,β-unsaturated/α-hetero) is 1. The molecule has 3 aromatic rings. The molecule has 1 aromatic heterocycles. The Morgan fingerprint density at radius 2 is 1.78 bits per heavy atom. The second-order valence-electron chi connectivity index (χ2n) is 6.15. The summed E-state index contributed by atoms with van der Waals surface area (Å²) in [5, 5.41) is 9.86. The van der Waals surface area contributed by atoms with E-state index >= 15 is 0 Å². The van der Waals surface area contributed by atoms with Crippen LogP contribution in [0.4, 0.5) is 0 Å². The topological polar surface area (TPSA) is 106 Å². The number of ketones is 1. The summed E-state index contributed by atoms with van der Waals surface area (Å²) >= 11 is 0. The normalized spacial score (nSPS) is 18.9. The number of ether oxygens (including phenoxy) is 1. The second-order valence-corrected chi connectivity index (χ2v) is 6.15. The van der Waals surface area contributed by atoms with Gasteiger partial charge in [0, 0.05) is 5.56 Å². The maximum atomic E-state index is 13.1. The molecule has 6 nitrogen and oxygen atoms in total. The molecule has 132 valence electrons. The van der Waals surface area contributed by atoms with Crippen molar-refractivity contribution in [1.29, 1.82) is 5.26 Å². The van der Waals surface area contributed by atoms with Gasteiger partial charge in [0.15, 0.2) is 17.1 Å². The first-order chi connectivity index (χ1) is 13.1. The van der Waals surface area contributed by atoms with Crippen molar-refractivity contribution >= 4 is 16.8 Å². The Kier molecular flexibility index (Phi) is 3.98. The fourth-order valence-corrected chi connectivity index (χ4v) is 3.28. The third-order valence-corrected chi connectivity index (χ3v) is 4.61. The van der Waals surface area contributed by atoms with E-state index in [0.29, 0.717) is 16.5 Å². The summed E-state index contributed by atoms with van der Waals surface area (Å²) in [5.41, 5.74) is 6.51. The molecule has 0 aliphatic carbocycles. The van der Waals surface area contributed by atoms with Crippen molar-refractivity contribution in [3.63, 3.8) is 0 Å². The number of carbonyl (C=O) groups is 1. The van der Waals surface area contributed by atoms with E-state index in [1.807, 2.05) is 6.07 Å². The third kappa shape index (κ3) is 2.66. The fraction of sp³-hybridized carbons (Fsp3) is 0.0952. The first kappa shape index (κ1) is 16.6. The van der Waals surface area contributed by atoms with Crippen LogP contribution in [0.25, 0.3) is 11.0 Å². The number of rotatable bonds is 3. The van der Waals surface area contributed by atoms with E-state index in [0.717, 1.165) is 0 Å². The molecule has 2 aromatic carbocycles. The monoisotopic (exact) mass is 358 g/mol. The smallest absolute Gasteiger partial charge is 0.199 e. The number of nitriles is 1. The van der Waals surface area contributed by atoms with Crippen LogP contribution in [0, 0.1) is 17.2 Å². The molecule has 2 N–H and O–H groups in total. The summed E-state index contributed by atoms with van der Waals surface area (Å²) < 4.78 is 11.1. The number of carbonyl (C=O) groups excluding carboxylic acids is 1. The van der Waals surface area contributed by atoms with E-state index in [1.54, 1.807) is 54.6 Å². The minimum Gasteiger partial charge on any atom is -0.469 e. The van der Waals surface area contributed by atoms with Crippen LogP contribution in [0.5, 0.6) is 0 Å². The summed E-state index contributed by atoms with van der Waals surface area (Å²) in [6.45, 7) is 0. The molecule has 2 heterocycles. The zero-order valence-corrected chi connectivity index (χ0v) is 14.1. The average Bonchev–Trinajstić information content (AvgIpc) is 3.04. The fourth-order valence-electron chi connectivity index (χ4n) is 3.28. The lowest BCUT2D eigenvalue weighted by atomic mass is 9.85. The van der Waals surface area contributed by atoms with Gasteiger partial charge in [0.2, 0.25) is 0 Å². The highest BCUT2D eigenvalue weighted by atomic mass is 16.5. The minimum atomic E-state index is -1.02. The molecular formula is C21H14N2O4. The number of para-hydroxylation sites is 1. The number of hydrogen-bond donors (Lipinski definition) is 1. The molecule has 0 spiro atoms. The molecule has 0 bridgehead atoms. The van der Waals surface area contributed by atoms with Crippen LogP contribution in [-0.4, -0.2) is 5.78 Å². The number of fused-ring (bicyclic) bond motifs is 1. The molecule has 2 unspecified atom stereocenters. The SMILES string of the molecule is N#CC1=C(N)OC(c2coc3ccccc3c2=O)C1C(=O)c1ccccc1. The van der Waals surface area contributed by atoms with Crippen LogP contribution in [0.15, 0.2) is 81.5 Å². The second kappa shape index (κ2) is 6.46. The maximum Gasteiger partial charge on any atom is 0.199 e. The summed E-state index contributed by atoms with van der Waals surface area (Å²) in [6.07, 6.45) is 0.252. The highest BCUT2D eigenvalue weighted by Crippen LogP contribution is 2.40. The molecular weight excluding hydrogens is 344 g/mol. The Hall–Kier alpha value is -3.85. The van der Waals surface area contributed by atoms with Gasteiger partial charge < -0.3 is 14.9 Å². The molecule has 0 saturated carbocycles. The van der Waals surface area contributed by atoms with Gasteiger partial charge in [-0.1, -0.05) is 42.5 Å². The molecule has 0 amide bonds. The zero-order chi connectivity index (χ0) is 19.0. The van der Waals surface area contributed by atoms with Crippen LogP contribution in [0.3, 0.4) is 0 Å². The summed E-state index contributed by atoms with van der Waals surface area (Å²) in [4.78, 5) is 26.0. The number of benzene rings is 2. The van der Waals surface area contributed by atoms with Crippen LogP contribution in [0.1, 0.15) is 22.0 Å². The van der Waals surface area contributed by atoms with E-state index in [4.69, 9.17) is 14.9 Å². The van der Waals surface area contributed by atoms with Gasteiger partial charge in [0.25, 0.3) is 0 Å². The molecule has 4 rings (SSSR count). The largest absolute Gasteiger partial charge is 0.469 e. The van der Waals surface area contributed by atoms with Gasteiger partial charge in [-0.25, -0.2) is 0 Å². The van der Waals surface area contributed by atoms with Gasteiger partial charge in [-0.2, -0.15) is 5.26 Å². The molecule has 0 radical (unpaired) electrons. The zero-order valence-electron chi connectivity index (χ0n) is 14.1. The van der Waals surface area contributed by atoms with Gasteiger partial charge >= 0.3 is 0 Å². The summed E-state index contributed by atoms with van der Waals surface area (Å²) in [5.74, 6) is -1.50. The van der Waals surface area contributed by atoms with Gasteiger partial charge in [-0.3, -0.25) is 9.59 Å². The first-order valence-electron chi connectivity index (χ1n) is 8.28. The first-order valence-corrected chi connectivity index (χ1v) is 8.28. The molecule has 6 heteroatoms. The van der Waals surface area contributed by atoms with Crippen LogP contribution in [-0.2, 0) is 4.74 Å². The van der Waals surface area contributed by atoms with Crippen molar-refractivity contribution in [2.45, 2.75) is 6.10 Å². The van der Waals surface area contributed by atoms with E-state index in [-0.39, 0.29) is 28.2 Å². The lowest BCUT2D eigenvalue weighted by Gasteiger charge is -2.18. The van der Waals surface area contributed by atoms with Crippen molar-refractivity contribution in [3.8, 4) is 6.07 Å². The van der Waals surface area contributed by atoms with Crippen LogP contribution < -0.4 is 11.2 Å². The van der Waals surface area contributed by atoms with E-state index in [2.05, 4.69) is 0 Å². The number of nitrogens with zero attached hydrogens (tertiary/aromatic N) is 1. The highest BCUT2D eigenvalue weighted by Gasteiger charge is 2.44. The highest BCUT2D eigenvalue weighted by molar-refractivity contribution is 6.01. The van der Waals surface area contributed by atoms with Gasteiger partial charge in [0.1, 0.15) is 35.5 Å². The van der Waals surface area contributed by atoms with Crippen molar-refractivity contribution in [2.75, 3.05) is 0 Å². The van der Waals surface area contributed by atoms with E-state index in [9.17, 15) is 14.9 Å². The number of hydrogen-bond acceptors (Lipinski definition) is 6. The Morgan fingerprint density at radius 1 is 1.07 bits per heavy atom. The third-order valence-electron chi connectivity index (χ3n) is 4.61. The Labute approximate surface area is 154 Å². The van der Waals surface area contributed by atoms with Gasteiger partial charge in [-0.15, -0.1) is 0 Å². The van der Waals surface area contributed by atoms with Gasteiger partial charge in [0.05, 0.1) is 10.9 Å². The van der Waals surface area contributed by atoms with Gasteiger partial charge in [-0.05, 0) is 12.1 Å². The number of nitrogens with two attached hydrogens (primary N) is 1. The van der Waals surface area contributed by atoms with Crippen LogP contribution >= 0.6 is 0 Å². The van der Waals surface area contributed by atoms with Crippen molar-refractivity contribution < 1.29 is 13.9 Å². The van der Waals surface area contributed by atoms with Crippen molar-refractivity contribution in [1.82, 2.24) is 0 Å². The summed E-state index contributed by atoms with van der Waals surface area (Å²) in [6, 6.07) is 17.3. The lowest BCUT2D eigenvalue weighted by Crippen LogP contribution is -2.25. The molecule has 27 heavy (non-hydrogen) atoms. The summed E-state index contributed by atoms with van der Waals surface area (Å²) in [7, 11) is 0. The quantitative estimate of drug-likeness (QED) is 0.721. The Balaban J connectivity index is 1.85. The molecule has 0 saturated heterocycles. The van der Waals surface area contributed by atoms with Crippen LogP contribution in [0.2, 0.25) is 0 Å². The van der Waals surface area contributed by atoms with Crippen molar-refractivity contribution in [2.24, 2.45) is 11.7 Å². The predicted molar refractivity (Wildman–Crippen MR) is 97.4 cm³/mol. The van der Waals surface area contributed by atoms with E-state index in [1.165, 1.54) is 6.26 Å². The maximum absolute atomic E-state index is 13.1. The van der Waals surface area contributed by atoms with E-state index < -0.39 is 12.0 Å². The molecule has 0 fully saturated rings. The average molecular weight is 358 g/mol. The molecule has 1 aliphatic rings.